The maximum Gasteiger partial charge on any atom is 0.330 e. The predicted octanol–water partition coefficient (Wildman–Crippen LogP) is -0.316. The van der Waals surface area contributed by atoms with Crippen LogP contribution in [0.3, 0.4) is 0 Å². The summed E-state index contributed by atoms with van der Waals surface area (Å²) in [5.74, 6) is -0.361. The quantitative estimate of drug-likeness (QED) is 0.740. The summed E-state index contributed by atoms with van der Waals surface area (Å²) in [6.45, 7) is 3.62. The van der Waals surface area contributed by atoms with Gasteiger partial charge in [0.15, 0.2) is 0 Å². The number of aromatic amines is 1. The summed E-state index contributed by atoms with van der Waals surface area (Å²) < 4.78 is 0.980. The third kappa shape index (κ3) is 3.36. The molecule has 0 spiro atoms. The van der Waals surface area contributed by atoms with E-state index in [9.17, 15) is 14.7 Å². The first-order chi connectivity index (χ1) is 9.59. The molecule has 2 N–H and O–H groups in total. The summed E-state index contributed by atoms with van der Waals surface area (Å²) in [6, 6.07) is 0. The number of nitrogens with zero attached hydrogens (tertiary/aromatic N) is 3. The number of aromatic hydroxyl groups is 1. The lowest BCUT2D eigenvalue weighted by molar-refractivity contribution is 0.235. The zero-order chi connectivity index (χ0) is 14.5. The molecule has 20 heavy (non-hydrogen) atoms. The zero-order valence-electron chi connectivity index (χ0n) is 11.6. The number of likely N-dealkylation sites (tertiary alicyclic amines) is 1. The van der Waals surface area contributed by atoms with Crippen molar-refractivity contribution in [2.24, 2.45) is 12.0 Å². The average molecular weight is 280 g/mol. The Morgan fingerprint density at radius 1 is 1.30 bits per heavy atom. The highest BCUT2D eigenvalue weighted by Crippen LogP contribution is 2.08. The van der Waals surface area contributed by atoms with Gasteiger partial charge in [-0.3, -0.25) is 19.3 Å². The van der Waals surface area contributed by atoms with Crippen molar-refractivity contribution in [2.75, 3.05) is 26.2 Å². The van der Waals surface area contributed by atoms with E-state index in [1.807, 2.05) is 0 Å². The van der Waals surface area contributed by atoms with Gasteiger partial charge >= 0.3 is 5.69 Å². The van der Waals surface area contributed by atoms with Gasteiger partial charge in [-0.25, -0.2) is 4.79 Å². The Hall–Kier alpha value is -1.89. The molecule has 7 nitrogen and oxygen atoms in total. The summed E-state index contributed by atoms with van der Waals surface area (Å²) >= 11 is 0. The molecule has 0 aliphatic carbocycles. The number of hydrogen-bond acceptors (Lipinski definition) is 5. The highest BCUT2D eigenvalue weighted by molar-refractivity contribution is 5.81. The molecule has 1 aromatic heterocycles. The first kappa shape index (κ1) is 14.5. The van der Waals surface area contributed by atoms with E-state index < -0.39 is 11.2 Å². The molecule has 1 aliphatic rings. The Balaban J connectivity index is 1.99. The smallest absolute Gasteiger partial charge is 0.330 e. The highest BCUT2D eigenvalue weighted by atomic mass is 16.3. The largest absolute Gasteiger partial charge is 0.494 e. The molecule has 1 aliphatic heterocycles. The van der Waals surface area contributed by atoms with E-state index in [0.29, 0.717) is 6.54 Å². The maximum absolute atomic E-state index is 11.6. The lowest BCUT2D eigenvalue weighted by Gasteiger charge is -2.25. The number of nitrogens with one attached hydrogen (secondary N) is 1. The van der Waals surface area contributed by atoms with E-state index >= 15 is 0 Å². The van der Waals surface area contributed by atoms with Crippen LogP contribution >= 0.6 is 0 Å². The maximum atomic E-state index is 11.6. The molecule has 0 bridgehead atoms. The van der Waals surface area contributed by atoms with Crippen LogP contribution < -0.4 is 11.2 Å². The van der Waals surface area contributed by atoms with Gasteiger partial charge in [-0.05, 0) is 25.9 Å². The van der Waals surface area contributed by atoms with Crippen LogP contribution in [0.15, 0.2) is 14.6 Å². The van der Waals surface area contributed by atoms with Crippen LogP contribution in [0.2, 0.25) is 0 Å². The molecule has 2 rings (SSSR count). The molecule has 2 heterocycles. The van der Waals surface area contributed by atoms with E-state index in [1.54, 1.807) is 0 Å². The summed E-state index contributed by atoms with van der Waals surface area (Å²) in [7, 11) is 1.39. The lowest BCUT2D eigenvalue weighted by atomic mass is 10.1. The van der Waals surface area contributed by atoms with E-state index in [-0.39, 0.29) is 11.4 Å². The number of aromatic nitrogens is 2. The number of rotatable bonds is 4. The minimum Gasteiger partial charge on any atom is -0.494 e. The van der Waals surface area contributed by atoms with Crippen molar-refractivity contribution in [3.8, 4) is 5.88 Å². The summed E-state index contributed by atoms with van der Waals surface area (Å²) in [6.07, 6.45) is 5.08. The Morgan fingerprint density at radius 3 is 2.70 bits per heavy atom. The van der Waals surface area contributed by atoms with Gasteiger partial charge in [0.05, 0.1) is 6.54 Å². The molecule has 1 aromatic rings. The topological polar surface area (TPSA) is 90.7 Å². The third-order valence-electron chi connectivity index (χ3n) is 3.54. The van der Waals surface area contributed by atoms with Crippen molar-refractivity contribution < 1.29 is 5.11 Å². The Kier molecular flexibility index (Phi) is 4.73. The number of hydrogen-bond donors (Lipinski definition) is 2. The van der Waals surface area contributed by atoms with E-state index in [4.69, 9.17) is 0 Å². The molecule has 1 saturated heterocycles. The number of piperidine rings is 1. The fourth-order valence-corrected chi connectivity index (χ4v) is 2.28. The Morgan fingerprint density at radius 2 is 2.00 bits per heavy atom. The van der Waals surface area contributed by atoms with Gasteiger partial charge in [0, 0.05) is 19.8 Å². The molecular formula is C13H20N4O3. The van der Waals surface area contributed by atoms with Crippen LogP contribution in [0.1, 0.15) is 24.8 Å². The molecule has 0 amide bonds. The Labute approximate surface area is 116 Å². The molecule has 0 aromatic carbocycles. The monoisotopic (exact) mass is 280 g/mol. The fourth-order valence-electron chi connectivity index (χ4n) is 2.28. The molecule has 0 unspecified atom stereocenters. The van der Waals surface area contributed by atoms with E-state index in [1.165, 1.54) is 32.5 Å². The summed E-state index contributed by atoms with van der Waals surface area (Å²) in [5, 5.41) is 9.75. The average Bonchev–Trinajstić information content (AvgIpc) is 2.45. The molecule has 0 atom stereocenters. The van der Waals surface area contributed by atoms with Crippen molar-refractivity contribution >= 4 is 6.21 Å². The van der Waals surface area contributed by atoms with Crippen molar-refractivity contribution in [3.63, 3.8) is 0 Å². The predicted molar refractivity (Wildman–Crippen MR) is 76.7 cm³/mol. The normalized spacial score (nSPS) is 16.9. The summed E-state index contributed by atoms with van der Waals surface area (Å²) in [4.78, 5) is 31.5. The van der Waals surface area contributed by atoms with Crippen LogP contribution in [0.25, 0.3) is 0 Å². The van der Waals surface area contributed by atoms with Gasteiger partial charge in [0.2, 0.25) is 5.88 Å². The summed E-state index contributed by atoms with van der Waals surface area (Å²) in [5.41, 5.74) is -1.24. The lowest BCUT2D eigenvalue weighted by Crippen LogP contribution is -2.32. The van der Waals surface area contributed by atoms with Crippen molar-refractivity contribution in [1.29, 1.82) is 0 Å². The van der Waals surface area contributed by atoms with Gasteiger partial charge in [0.25, 0.3) is 5.56 Å². The minimum absolute atomic E-state index is 0.0192. The van der Waals surface area contributed by atoms with Crippen LogP contribution in [-0.4, -0.2) is 52.0 Å². The van der Waals surface area contributed by atoms with Gasteiger partial charge in [-0.2, -0.15) is 0 Å². The van der Waals surface area contributed by atoms with E-state index in [2.05, 4.69) is 14.9 Å². The second kappa shape index (κ2) is 6.51. The highest BCUT2D eigenvalue weighted by Gasteiger charge is 2.10. The van der Waals surface area contributed by atoms with E-state index in [0.717, 1.165) is 24.2 Å². The van der Waals surface area contributed by atoms with Crippen LogP contribution in [0.5, 0.6) is 5.88 Å². The van der Waals surface area contributed by atoms with Crippen molar-refractivity contribution in [1.82, 2.24) is 14.5 Å². The van der Waals surface area contributed by atoms with Crippen LogP contribution in [0, 0.1) is 0 Å². The number of H-pyrrole nitrogens is 1. The van der Waals surface area contributed by atoms with Gasteiger partial charge in [-0.15, -0.1) is 0 Å². The standard InChI is InChI=1S/C13H20N4O3/c1-16-12(19)10(11(18)15-13(16)20)9-14-5-8-17-6-3-2-4-7-17/h9,19H,2-8H2,1H3,(H,15,18,20). The first-order valence-electron chi connectivity index (χ1n) is 6.84. The van der Waals surface area contributed by atoms with Crippen molar-refractivity contribution in [2.45, 2.75) is 19.3 Å². The number of aliphatic imine (C=N–C) groups is 1. The second-order valence-electron chi connectivity index (χ2n) is 4.99. The van der Waals surface area contributed by atoms with Gasteiger partial charge in [-0.1, -0.05) is 6.42 Å². The Bertz CT molecular complexity index is 597. The SMILES string of the molecule is Cn1c(O)c(C=NCCN2CCCCC2)c(=O)[nH]c1=O. The fraction of sp³-hybridized carbons (Fsp3) is 0.615. The minimum atomic E-state index is -0.641. The van der Waals surface area contributed by atoms with Crippen LogP contribution in [-0.2, 0) is 7.05 Å². The molecule has 0 radical (unpaired) electrons. The molecule has 110 valence electrons. The molecule has 7 heteroatoms. The van der Waals surface area contributed by atoms with Gasteiger partial charge in [0.1, 0.15) is 5.56 Å². The second-order valence-corrected chi connectivity index (χ2v) is 4.99. The molecular weight excluding hydrogens is 260 g/mol. The first-order valence-corrected chi connectivity index (χ1v) is 6.84. The van der Waals surface area contributed by atoms with Crippen molar-refractivity contribution in [3.05, 3.63) is 26.4 Å². The molecule has 0 saturated carbocycles. The van der Waals surface area contributed by atoms with Crippen LogP contribution in [0.4, 0.5) is 0 Å². The zero-order valence-corrected chi connectivity index (χ0v) is 11.6. The molecule has 1 fully saturated rings. The van der Waals surface area contributed by atoms with Gasteiger partial charge < -0.3 is 10.0 Å². The third-order valence-corrected chi connectivity index (χ3v) is 3.54.